The molecule has 0 amide bonds. The lowest BCUT2D eigenvalue weighted by molar-refractivity contribution is 0.565. The van der Waals surface area contributed by atoms with Crippen molar-refractivity contribution in [3.05, 3.63) is 0 Å². The summed E-state index contributed by atoms with van der Waals surface area (Å²) in [6, 6.07) is 0. The number of halogens is 2. The highest BCUT2D eigenvalue weighted by Gasteiger charge is 2.37. The first-order valence-corrected chi connectivity index (χ1v) is 5.55. The minimum absolute atomic E-state index is 0.0563. The van der Waals surface area contributed by atoms with Crippen molar-refractivity contribution in [1.29, 1.82) is 0 Å². The van der Waals surface area contributed by atoms with E-state index < -0.39 is 0 Å². The molecule has 13 heavy (non-hydrogen) atoms. The first-order chi connectivity index (χ1) is 6.22. The number of nitrogens with one attached hydrogen (secondary N) is 1. The van der Waals surface area contributed by atoms with Gasteiger partial charge in [-0.15, -0.1) is 11.8 Å². The standard InChI is InChI=1S/C6H6Cl2N4S/c1-13-5-2-3(7)9-6(8)10-4(2)11-12-5/h2,4,11H,1H3. The zero-order valence-electron chi connectivity index (χ0n) is 6.66. The van der Waals surface area contributed by atoms with Gasteiger partial charge in [-0.05, 0) is 17.9 Å². The molecule has 2 aliphatic heterocycles. The summed E-state index contributed by atoms with van der Waals surface area (Å²) in [7, 11) is 0. The summed E-state index contributed by atoms with van der Waals surface area (Å²) in [6.45, 7) is 0. The Hall–Kier alpha value is -0.260. The van der Waals surface area contributed by atoms with E-state index in [1.165, 1.54) is 11.8 Å². The van der Waals surface area contributed by atoms with Crippen LogP contribution in [-0.2, 0) is 0 Å². The van der Waals surface area contributed by atoms with Crippen molar-refractivity contribution in [2.75, 3.05) is 6.26 Å². The van der Waals surface area contributed by atoms with E-state index in [-0.39, 0.29) is 17.4 Å². The van der Waals surface area contributed by atoms with E-state index in [0.29, 0.717) is 5.17 Å². The third kappa shape index (κ3) is 1.56. The Morgan fingerprint density at radius 3 is 2.92 bits per heavy atom. The predicted molar refractivity (Wildman–Crippen MR) is 57.9 cm³/mol. The molecular weight excluding hydrogens is 231 g/mol. The second-order valence-corrected chi connectivity index (χ2v) is 4.09. The number of fused-ring (bicyclic) bond motifs is 1. The first-order valence-electron chi connectivity index (χ1n) is 3.57. The number of hydrogen-bond acceptors (Lipinski definition) is 5. The molecule has 0 aromatic carbocycles. The van der Waals surface area contributed by atoms with Gasteiger partial charge < -0.3 is 0 Å². The fourth-order valence-electron chi connectivity index (χ4n) is 1.22. The molecule has 0 aromatic rings. The number of nitrogens with zero attached hydrogens (tertiary/aromatic N) is 3. The molecule has 0 fully saturated rings. The van der Waals surface area contributed by atoms with Gasteiger partial charge in [0.05, 0.1) is 0 Å². The minimum atomic E-state index is -0.181. The van der Waals surface area contributed by atoms with Crippen LogP contribution < -0.4 is 5.43 Å². The molecule has 4 nitrogen and oxygen atoms in total. The smallest absolute Gasteiger partial charge is 0.221 e. The van der Waals surface area contributed by atoms with E-state index in [4.69, 9.17) is 23.2 Å². The highest BCUT2D eigenvalue weighted by atomic mass is 35.5. The third-order valence-electron chi connectivity index (χ3n) is 1.80. The maximum Gasteiger partial charge on any atom is 0.221 e. The number of hydrazone groups is 1. The number of thioether (sulfide) groups is 1. The maximum absolute atomic E-state index is 5.94. The van der Waals surface area contributed by atoms with Crippen molar-refractivity contribution in [3.8, 4) is 0 Å². The second-order valence-electron chi connectivity index (χ2n) is 2.54. The molecular formula is C6H6Cl2N4S. The van der Waals surface area contributed by atoms with Crippen LogP contribution in [0.5, 0.6) is 0 Å². The van der Waals surface area contributed by atoms with E-state index in [1.54, 1.807) is 0 Å². The van der Waals surface area contributed by atoms with E-state index in [9.17, 15) is 0 Å². The first kappa shape index (κ1) is 9.30. The molecule has 2 atom stereocenters. The van der Waals surface area contributed by atoms with Crippen molar-refractivity contribution in [2.24, 2.45) is 21.0 Å². The molecule has 0 radical (unpaired) electrons. The van der Waals surface area contributed by atoms with Crippen LogP contribution in [0.3, 0.4) is 0 Å². The fraction of sp³-hybridized carbons (Fsp3) is 0.500. The highest BCUT2D eigenvalue weighted by molar-refractivity contribution is 8.13. The lowest BCUT2D eigenvalue weighted by Gasteiger charge is -2.18. The Kier molecular flexibility index (Phi) is 2.49. The van der Waals surface area contributed by atoms with Crippen LogP contribution in [-0.4, -0.2) is 27.9 Å². The summed E-state index contributed by atoms with van der Waals surface area (Å²) in [4.78, 5) is 7.95. The number of amidine groups is 1. The van der Waals surface area contributed by atoms with E-state index >= 15 is 0 Å². The molecule has 0 spiro atoms. The van der Waals surface area contributed by atoms with Crippen molar-refractivity contribution in [3.63, 3.8) is 0 Å². The van der Waals surface area contributed by atoms with Crippen LogP contribution in [0.2, 0.25) is 0 Å². The van der Waals surface area contributed by atoms with E-state index in [2.05, 4.69) is 20.5 Å². The third-order valence-corrected chi connectivity index (χ3v) is 3.06. The molecule has 7 heteroatoms. The zero-order chi connectivity index (χ0) is 9.42. The van der Waals surface area contributed by atoms with Crippen LogP contribution in [0.1, 0.15) is 0 Å². The van der Waals surface area contributed by atoms with Crippen molar-refractivity contribution >= 4 is 50.5 Å². The summed E-state index contributed by atoms with van der Waals surface area (Å²) in [5, 5.41) is 5.60. The Balaban J connectivity index is 2.30. The van der Waals surface area contributed by atoms with Crippen LogP contribution in [0.25, 0.3) is 0 Å². The lowest BCUT2D eigenvalue weighted by Crippen LogP contribution is -2.34. The van der Waals surface area contributed by atoms with Crippen LogP contribution in [0, 0.1) is 5.92 Å². The maximum atomic E-state index is 5.94. The Labute approximate surface area is 89.5 Å². The SMILES string of the molecule is CSC1=NNC2N=C(Cl)N=C(Cl)C12. The fourth-order valence-corrected chi connectivity index (χ4v) is 2.46. The summed E-state index contributed by atoms with van der Waals surface area (Å²) in [5.41, 5.74) is 2.85. The van der Waals surface area contributed by atoms with Crippen LogP contribution in [0.4, 0.5) is 0 Å². The molecule has 1 N–H and O–H groups in total. The highest BCUT2D eigenvalue weighted by Crippen LogP contribution is 2.27. The molecule has 0 saturated carbocycles. The molecule has 0 aromatic heterocycles. The van der Waals surface area contributed by atoms with Gasteiger partial charge in [-0.2, -0.15) is 5.10 Å². The van der Waals surface area contributed by atoms with Gasteiger partial charge in [0, 0.05) is 0 Å². The minimum Gasteiger partial charge on any atom is -0.284 e. The van der Waals surface area contributed by atoms with Gasteiger partial charge in [0.2, 0.25) is 5.29 Å². The summed E-state index contributed by atoms with van der Waals surface area (Å²) in [5.74, 6) is -0.0563. The number of hydrogen-bond donors (Lipinski definition) is 1. The van der Waals surface area contributed by atoms with Gasteiger partial charge >= 0.3 is 0 Å². The van der Waals surface area contributed by atoms with Gasteiger partial charge in [-0.1, -0.05) is 11.6 Å². The summed E-state index contributed by atoms with van der Waals surface area (Å²) < 4.78 is 0. The van der Waals surface area contributed by atoms with Gasteiger partial charge in [0.15, 0.2) is 6.17 Å². The van der Waals surface area contributed by atoms with Crippen LogP contribution >= 0.6 is 35.0 Å². The van der Waals surface area contributed by atoms with Gasteiger partial charge in [-0.3, -0.25) is 5.43 Å². The van der Waals surface area contributed by atoms with Gasteiger partial charge in [-0.25, -0.2) is 9.98 Å². The quantitative estimate of drug-likeness (QED) is 0.648. The van der Waals surface area contributed by atoms with E-state index in [0.717, 1.165) is 5.04 Å². The molecule has 2 unspecified atom stereocenters. The van der Waals surface area contributed by atoms with Gasteiger partial charge in [0.1, 0.15) is 16.1 Å². The normalized spacial score (nSPS) is 31.5. The van der Waals surface area contributed by atoms with E-state index in [1.807, 2.05) is 6.26 Å². The number of rotatable bonds is 0. The largest absolute Gasteiger partial charge is 0.284 e. The zero-order valence-corrected chi connectivity index (χ0v) is 8.99. The molecule has 2 rings (SSSR count). The molecule has 2 aliphatic rings. The topological polar surface area (TPSA) is 49.1 Å². The molecule has 0 saturated heterocycles. The summed E-state index contributed by atoms with van der Waals surface area (Å²) >= 11 is 13.1. The summed E-state index contributed by atoms with van der Waals surface area (Å²) in [6.07, 6.45) is 1.76. The molecule has 0 bridgehead atoms. The van der Waals surface area contributed by atoms with Crippen molar-refractivity contribution < 1.29 is 0 Å². The molecule has 70 valence electrons. The van der Waals surface area contributed by atoms with Crippen LogP contribution in [0.15, 0.2) is 15.1 Å². The average Bonchev–Trinajstić information content (AvgIpc) is 2.47. The Morgan fingerprint density at radius 2 is 2.23 bits per heavy atom. The monoisotopic (exact) mass is 236 g/mol. The van der Waals surface area contributed by atoms with Crippen molar-refractivity contribution in [1.82, 2.24) is 5.43 Å². The number of aliphatic imine (C=N–C) groups is 2. The van der Waals surface area contributed by atoms with Crippen molar-refractivity contribution in [2.45, 2.75) is 6.17 Å². The predicted octanol–water partition coefficient (Wildman–Crippen LogP) is 1.45. The average molecular weight is 237 g/mol. The Bertz CT molecular complexity index is 325. The second kappa shape index (κ2) is 3.48. The van der Waals surface area contributed by atoms with Gasteiger partial charge in [0.25, 0.3) is 0 Å². The lowest BCUT2D eigenvalue weighted by atomic mass is 10.1. The Morgan fingerprint density at radius 1 is 1.46 bits per heavy atom. The molecule has 2 heterocycles. The molecule has 0 aliphatic carbocycles.